The standard InChI is InChI=1S/C55H39N3O/c1-5-15-40(16-6-1)42-27-31-49(32-28-42)57(47-22-9-3-10-23-47)51-26-14-20-45(38-51)44-19-13-21-46(37-44)55-56-53-36-35-52(39-54(53)59-55)58(48-24-11-4-12-25-48)50-33-29-43(30-34-50)41-17-7-2-8-18-41/h1-39H. The Labute approximate surface area is 344 Å². The summed E-state index contributed by atoms with van der Waals surface area (Å²) in [5.74, 6) is 0.582. The lowest BCUT2D eigenvalue weighted by atomic mass is 10.0. The van der Waals surface area contributed by atoms with Crippen molar-refractivity contribution in [2.24, 2.45) is 0 Å². The third-order valence-corrected chi connectivity index (χ3v) is 10.7. The molecule has 9 aromatic carbocycles. The molecule has 0 atom stereocenters. The molecule has 0 aliphatic carbocycles. The Bertz CT molecular complexity index is 2960. The number of benzene rings is 9. The van der Waals surface area contributed by atoms with Gasteiger partial charge in [-0.15, -0.1) is 0 Å². The molecule has 0 aliphatic heterocycles. The van der Waals surface area contributed by atoms with Crippen LogP contribution in [0.25, 0.3) is 55.9 Å². The summed E-state index contributed by atoms with van der Waals surface area (Å²) in [4.78, 5) is 9.52. The average molecular weight is 758 g/mol. The highest BCUT2D eigenvalue weighted by Crippen LogP contribution is 2.40. The first-order valence-corrected chi connectivity index (χ1v) is 19.9. The summed E-state index contributed by atoms with van der Waals surface area (Å²) in [5.41, 5.74) is 15.7. The van der Waals surface area contributed by atoms with E-state index in [9.17, 15) is 0 Å². The summed E-state index contributed by atoms with van der Waals surface area (Å²) >= 11 is 0. The van der Waals surface area contributed by atoms with Crippen LogP contribution in [0.2, 0.25) is 0 Å². The Kier molecular flexibility index (Phi) is 9.55. The molecule has 0 amide bonds. The van der Waals surface area contributed by atoms with E-state index in [0.717, 1.165) is 61.9 Å². The molecule has 0 unspecified atom stereocenters. The molecular weight excluding hydrogens is 719 g/mol. The molecule has 280 valence electrons. The maximum absolute atomic E-state index is 6.56. The molecular formula is C55H39N3O. The van der Waals surface area contributed by atoms with Crippen molar-refractivity contribution in [3.05, 3.63) is 237 Å². The van der Waals surface area contributed by atoms with Crippen LogP contribution >= 0.6 is 0 Å². The average Bonchev–Trinajstić information content (AvgIpc) is 3.75. The number of rotatable bonds is 10. The van der Waals surface area contributed by atoms with E-state index in [1.54, 1.807) is 0 Å². The van der Waals surface area contributed by atoms with Crippen LogP contribution in [-0.4, -0.2) is 4.98 Å². The second kappa shape index (κ2) is 15.9. The highest BCUT2D eigenvalue weighted by Gasteiger charge is 2.18. The first-order chi connectivity index (χ1) is 29.2. The lowest BCUT2D eigenvalue weighted by molar-refractivity contribution is 0.620. The third-order valence-electron chi connectivity index (χ3n) is 10.7. The van der Waals surface area contributed by atoms with Gasteiger partial charge in [0.1, 0.15) is 5.52 Å². The number of nitrogens with zero attached hydrogens (tertiary/aromatic N) is 3. The minimum atomic E-state index is 0.582. The number of oxazole rings is 1. The fraction of sp³-hybridized carbons (Fsp3) is 0. The van der Waals surface area contributed by atoms with E-state index in [0.29, 0.717) is 5.89 Å². The third kappa shape index (κ3) is 7.39. The molecule has 0 saturated carbocycles. The first kappa shape index (κ1) is 35.5. The van der Waals surface area contributed by atoms with Crippen molar-refractivity contribution in [1.82, 2.24) is 4.98 Å². The fourth-order valence-electron chi connectivity index (χ4n) is 7.75. The monoisotopic (exact) mass is 757 g/mol. The summed E-state index contributed by atoms with van der Waals surface area (Å²) in [6.07, 6.45) is 0. The zero-order valence-corrected chi connectivity index (χ0v) is 32.3. The van der Waals surface area contributed by atoms with E-state index in [1.807, 2.05) is 24.3 Å². The van der Waals surface area contributed by atoms with Crippen molar-refractivity contribution in [1.29, 1.82) is 0 Å². The van der Waals surface area contributed by atoms with Gasteiger partial charge in [0, 0.05) is 45.8 Å². The lowest BCUT2D eigenvalue weighted by Crippen LogP contribution is -2.09. The zero-order chi connectivity index (χ0) is 39.4. The van der Waals surface area contributed by atoms with Crippen LogP contribution in [-0.2, 0) is 0 Å². The van der Waals surface area contributed by atoms with E-state index in [1.165, 1.54) is 22.3 Å². The number of hydrogen-bond acceptors (Lipinski definition) is 4. The maximum atomic E-state index is 6.56. The molecule has 1 heterocycles. The summed E-state index contributed by atoms with van der Waals surface area (Å²) in [5, 5.41) is 0. The van der Waals surface area contributed by atoms with Gasteiger partial charge in [-0.05, 0) is 118 Å². The molecule has 0 bridgehead atoms. The second-order valence-electron chi connectivity index (χ2n) is 14.5. The van der Waals surface area contributed by atoms with E-state index in [-0.39, 0.29) is 0 Å². The highest BCUT2D eigenvalue weighted by molar-refractivity contribution is 5.87. The number of hydrogen-bond donors (Lipinski definition) is 0. The number of anilines is 6. The normalized spacial score (nSPS) is 11.1. The summed E-state index contributed by atoms with van der Waals surface area (Å²) in [6.45, 7) is 0. The predicted octanol–water partition coefficient (Wildman–Crippen LogP) is 15.4. The van der Waals surface area contributed by atoms with Crippen LogP contribution in [0, 0.1) is 0 Å². The van der Waals surface area contributed by atoms with Gasteiger partial charge < -0.3 is 14.2 Å². The van der Waals surface area contributed by atoms with Gasteiger partial charge in [-0.1, -0.05) is 146 Å². The SMILES string of the molecule is c1ccc(-c2ccc(N(c3ccccc3)c3cccc(-c4cccc(-c5nc6ccc(N(c7ccccc7)c7ccc(-c8ccccc8)cc7)cc6o5)c4)c3)cc2)cc1. The fourth-order valence-corrected chi connectivity index (χ4v) is 7.75. The van der Waals surface area contributed by atoms with E-state index < -0.39 is 0 Å². The van der Waals surface area contributed by atoms with E-state index in [4.69, 9.17) is 9.40 Å². The molecule has 10 rings (SSSR count). The summed E-state index contributed by atoms with van der Waals surface area (Å²) in [6, 6.07) is 82.8. The molecule has 0 N–H and O–H groups in total. The molecule has 0 fully saturated rings. The Morgan fingerprint density at radius 3 is 1.19 bits per heavy atom. The van der Waals surface area contributed by atoms with Crippen molar-refractivity contribution in [2.75, 3.05) is 9.80 Å². The van der Waals surface area contributed by atoms with Crippen LogP contribution in [0.15, 0.2) is 241 Å². The van der Waals surface area contributed by atoms with Crippen molar-refractivity contribution < 1.29 is 4.42 Å². The van der Waals surface area contributed by atoms with Gasteiger partial charge in [0.2, 0.25) is 5.89 Å². The molecule has 4 heteroatoms. The zero-order valence-electron chi connectivity index (χ0n) is 32.3. The van der Waals surface area contributed by atoms with Gasteiger partial charge in [-0.2, -0.15) is 0 Å². The molecule has 0 radical (unpaired) electrons. The van der Waals surface area contributed by atoms with Crippen molar-refractivity contribution in [3.63, 3.8) is 0 Å². The van der Waals surface area contributed by atoms with Crippen LogP contribution in [0.4, 0.5) is 34.1 Å². The molecule has 0 aliphatic rings. The topological polar surface area (TPSA) is 32.5 Å². The van der Waals surface area contributed by atoms with Gasteiger partial charge in [0.05, 0.1) is 0 Å². The highest BCUT2D eigenvalue weighted by atomic mass is 16.3. The van der Waals surface area contributed by atoms with Gasteiger partial charge in [0.15, 0.2) is 5.58 Å². The first-order valence-electron chi connectivity index (χ1n) is 19.9. The van der Waals surface area contributed by atoms with Gasteiger partial charge in [-0.25, -0.2) is 4.98 Å². The number of aromatic nitrogens is 1. The Balaban J connectivity index is 0.966. The molecule has 10 aromatic rings. The predicted molar refractivity (Wildman–Crippen MR) is 245 cm³/mol. The Morgan fingerprint density at radius 2 is 0.644 bits per heavy atom. The van der Waals surface area contributed by atoms with Gasteiger partial charge >= 0.3 is 0 Å². The van der Waals surface area contributed by atoms with Crippen molar-refractivity contribution >= 4 is 45.2 Å². The van der Waals surface area contributed by atoms with E-state index in [2.05, 4.69) is 222 Å². The summed E-state index contributed by atoms with van der Waals surface area (Å²) < 4.78 is 6.56. The molecule has 1 aromatic heterocycles. The van der Waals surface area contributed by atoms with Crippen LogP contribution in [0.5, 0.6) is 0 Å². The van der Waals surface area contributed by atoms with Gasteiger partial charge in [0.25, 0.3) is 0 Å². The molecule has 4 nitrogen and oxygen atoms in total. The minimum absolute atomic E-state index is 0.582. The van der Waals surface area contributed by atoms with Gasteiger partial charge in [-0.3, -0.25) is 0 Å². The Hall–Kier alpha value is -7.95. The van der Waals surface area contributed by atoms with Crippen LogP contribution in [0.1, 0.15) is 0 Å². The smallest absolute Gasteiger partial charge is 0.227 e. The lowest BCUT2D eigenvalue weighted by Gasteiger charge is -2.26. The number of fused-ring (bicyclic) bond motifs is 1. The Morgan fingerprint density at radius 1 is 0.271 bits per heavy atom. The van der Waals surface area contributed by atoms with Crippen LogP contribution in [0.3, 0.4) is 0 Å². The van der Waals surface area contributed by atoms with Crippen molar-refractivity contribution in [3.8, 4) is 44.8 Å². The second-order valence-corrected chi connectivity index (χ2v) is 14.5. The molecule has 0 spiro atoms. The minimum Gasteiger partial charge on any atom is -0.436 e. The maximum Gasteiger partial charge on any atom is 0.227 e. The summed E-state index contributed by atoms with van der Waals surface area (Å²) in [7, 11) is 0. The number of para-hydroxylation sites is 2. The van der Waals surface area contributed by atoms with Crippen LogP contribution < -0.4 is 9.80 Å². The van der Waals surface area contributed by atoms with E-state index >= 15 is 0 Å². The largest absolute Gasteiger partial charge is 0.436 e. The van der Waals surface area contributed by atoms with Crippen molar-refractivity contribution in [2.45, 2.75) is 0 Å². The molecule has 0 saturated heterocycles. The molecule has 59 heavy (non-hydrogen) atoms. The quantitative estimate of drug-likeness (QED) is 0.139.